The van der Waals surface area contributed by atoms with Crippen molar-refractivity contribution < 1.29 is 33.3 Å². The summed E-state index contributed by atoms with van der Waals surface area (Å²) in [7, 11) is 1.54. The highest BCUT2D eigenvalue weighted by Gasteiger charge is 2.30. The molecule has 8 heteroatoms. The van der Waals surface area contributed by atoms with E-state index < -0.39 is 18.0 Å². The number of nitrogens with one attached hydrogen (secondary N) is 1. The Morgan fingerprint density at radius 1 is 1.14 bits per heavy atom. The van der Waals surface area contributed by atoms with Crippen LogP contribution in [0.1, 0.15) is 16.8 Å². The number of amides is 1. The number of ether oxygens (including phenoxy) is 4. The molecule has 1 saturated heterocycles. The Bertz CT molecular complexity index is 863. The number of hydrogen-bond acceptors (Lipinski definition) is 7. The first kappa shape index (κ1) is 19.2. The zero-order valence-corrected chi connectivity index (χ0v) is 15.2. The number of esters is 2. The Labute approximate surface area is 161 Å². The van der Waals surface area contributed by atoms with Gasteiger partial charge in [-0.1, -0.05) is 6.07 Å². The van der Waals surface area contributed by atoms with Gasteiger partial charge in [-0.3, -0.25) is 4.79 Å². The summed E-state index contributed by atoms with van der Waals surface area (Å²) >= 11 is 0. The third-order valence-corrected chi connectivity index (χ3v) is 3.95. The molecule has 0 bridgehead atoms. The van der Waals surface area contributed by atoms with Gasteiger partial charge in [0.15, 0.2) is 6.61 Å². The van der Waals surface area contributed by atoms with Gasteiger partial charge in [0.25, 0.3) is 5.91 Å². The second-order valence-electron chi connectivity index (χ2n) is 5.94. The third kappa shape index (κ3) is 5.00. The second kappa shape index (κ2) is 8.90. The molecule has 1 aliphatic rings. The molecule has 2 aromatic carbocycles. The minimum atomic E-state index is -0.858. The van der Waals surface area contributed by atoms with E-state index in [1.54, 1.807) is 43.5 Å². The standard InChI is InChI=1S/C20H19NO7/c1-25-16-4-2-3-14(11-16)21-18(22)12-27-15-7-5-13(6-8-15)19(23)28-17-9-10-26-20(17)24/h2-8,11,17H,9-10,12H2,1H3,(H,21,22)/t17-/m0/s1. The molecule has 0 spiro atoms. The van der Waals surface area contributed by atoms with E-state index in [1.165, 1.54) is 12.1 Å². The predicted octanol–water partition coefficient (Wildman–Crippen LogP) is 2.18. The van der Waals surface area contributed by atoms with Gasteiger partial charge >= 0.3 is 11.9 Å². The number of hydrogen-bond donors (Lipinski definition) is 1. The Balaban J connectivity index is 1.49. The van der Waals surface area contributed by atoms with Crippen molar-refractivity contribution in [2.24, 2.45) is 0 Å². The van der Waals surface area contributed by atoms with Crippen LogP contribution in [-0.4, -0.2) is 44.3 Å². The van der Waals surface area contributed by atoms with Crippen LogP contribution in [0.3, 0.4) is 0 Å². The molecule has 0 aromatic heterocycles. The average molecular weight is 385 g/mol. The summed E-state index contributed by atoms with van der Waals surface area (Å²) < 4.78 is 20.4. The number of methoxy groups -OCH3 is 1. The van der Waals surface area contributed by atoms with Crippen LogP contribution in [0.15, 0.2) is 48.5 Å². The van der Waals surface area contributed by atoms with Gasteiger partial charge in [-0.2, -0.15) is 0 Å². The van der Waals surface area contributed by atoms with Crippen molar-refractivity contribution in [2.75, 3.05) is 25.6 Å². The maximum Gasteiger partial charge on any atom is 0.347 e. The fraction of sp³-hybridized carbons (Fsp3) is 0.250. The lowest BCUT2D eigenvalue weighted by molar-refractivity contribution is -0.145. The van der Waals surface area contributed by atoms with E-state index in [0.717, 1.165) is 0 Å². The van der Waals surface area contributed by atoms with Gasteiger partial charge in [0.05, 0.1) is 19.3 Å². The Morgan fingerprint density at radius 3 is 2.61 bits per heavy atom. The maximum atomic E-state index is 12.0. The van der Waals surface area contributed by atoms with Crippen LogP contribution in [0, 0.1) is 0 Å². The van der Waals surface area contributed by atoms with Crippen molar-refractivity contribution in [2.45, 2.75) is 12.5 Å². The molecule has 1 aliphatic heterocycles. The summed E-state index contributed by atoms with van der Waals surface area (Å²) in [5, 5.41) is 2.70. The van der Waals surface area contributed by atoms with E-state index in [2.05, 4.69) is 5.32 Å². The maximum absolute atomic E-state index is 12.0. The Kier molecular flexibility index (Phi) is 6.11. The predicted molar refractivity (Wildman–Crippen MR) is 98.3 cm³/mol. The van der Waals surface area contributed by atoms with Crippen molar-refractivity contribution in [3.05, 3.63) is 54.1 Å². The molecule has 28 heavy (non-hydrogen) atoms. The quantitative estimate of drug-likeness (QED) is 0.729. The fourth-order valence-electron chi connectivity index (χ4n) is 2.52. The molecule has 1 N–H and O–H groups in total. The van der Waals surface area contributed by atoms with E-state index in [4.69, 9.17) is 18.9 Å². The summed E-state index contributed by atoms with van der Waals surface area (Å²) in [4.78, 5) is 35.4. The van der Waals surface area contributed by atoms with Gasteiger partial charge in [0.1, 0.15) is 11.5 Å². The monoisotopic (exact) mass is 385 g/mol. The van der Waals surface area contributed by atoms with Crippen molar-refractivity contribution in [1.29, 1.82) is 0 Å². The number of carbonyl (C=O) groups excluding carboxylic acids is 3. The number of carbonyl (C=O) groups is 3. The van der Waals surface area contributed by atoms with Crippen molar-refractivity contribution in [1.82, 2.24) is 0 Å². The minimum absolute atomic E-state index is 0.199. The Hall–Kier alpha value is -3.55. The van der Waals surface area contributed by atoms with Crippen LogP contribution < -0.4 is 14.8 Å². The molecule has 1 fully saturated rings. The van der Waals surface area contributed by atoms with E-state index >= 15 is 0 Å². The Morgan fingerprint density at radius 2 is 1.93 bits per heavy atom. The van der Waals surface area contributed by atoms with E-state index in [-0.39, 0.29) is 24.7 Å². The first-order valence-electron chi connectivity index (χ1n) is 8.59. The lowest BCUT2D eigenvalue weighted by Gasteiger charge is -2.10. The van der Waals surface area contributed by atoms with Gasteiger partial charge in [-0.25, -0.2) is 9.59 Å². The van der Waals surface area contributed by atoms with Crippen LogP contribution in [0.25, 0.3) is 0 Å². The summed E-state index contributed by atoms with van der Waals surface area (Å²) in [6, 6.07) is 13.0. The molecule has 0 aliphatic carbocycles. The highest BCUT2D eigenvalue weighted by molar-refractivity contribution is 5.92. The van der Waals surface area contributed by atoms with Gasteiger partial charge in [-0.05, 0) is 36.4 Å². The van der Waals surface area contributed by atoms with Gasteiger partial charge < -0.3 is 24.3 Å². The molecular weight excluding hydrogens is 366 g/mol. The normalized spacial score (nSPS) is 15.5. The molecular formula is C20H19NO7. The van der Waals surface area contributed by atoms with Gasteiger partial charge in [0, 0.05) is 18.2 Å². The molecule has 1 amide bonds. The highest BCUT2D eigenvalue weighted by Crippen LogP contribution is 2.18. The van der Waals surface area contributed by atoms with Crippen LogP contribution in [0.5, 0.6) is 11.5 Å². The van der Waals surface area contributed by atoms with Crippen molar-refractivity contribution in [3.63, 3.8) is 0 Å². The largest absolute Gasteiger partial charge is 0.497 e. The zero-order valence-electron chi connectivity index (χ0n) is 15.2. The summed E-state index contributed by atoms with van der Waals surface area (Å²) in [6.45, 7) is 0.0519. The first-order valence-corrected chi connectivity index (χ1v) is 8.59. The summed E-state index contributed by atoms with van der Waals surface area (Å²) in [6.07, 6.45) is -0.502. The van der Waals surface area contributed by atoms with Gasteiger partial charge in [-0.15, -0.1) is 0 Å². The summed E-state index contributed by atoms with van der Waals surface area (Å²) in [5.41, 5.74) is 0.865. The van der Waals surface area contributed by atoms with Crippen LogP contribution >= 0.6 is 0 Å². The first-order chi connectivity index (χ1) is 13.5. The molecule has 3 rings (SSSR count). The van der Waals surface area contributed by atoms with Gasteiger partial charge in [0.2, 0.25) is 6.10 Å². The van der Waals surface area contributed by atoms with Crippen LogP contribution in [0.2, 0.25) is 0 Å². The third-order valence-electron chi connectivity index (χ3n) is 3.95. The van der Waals surface area contributed by atoms with E-state index in [1.807, 2.05) is 0 Å². The molecule has 0 unspecified atom stereocenters. The number of rotatable bonds is 7. The fourth-order valence-corrected chi connectivity index (χ4v) is 2.52. The molecule has 2 aromatic rings. The summed E-state index contributed by atoms with van der Waals surface area (Å²) in [5.74, 6) is -0.442. The SMILES string of the molecule is COc1cccc(NC(=O)COc2ccc(C(=O)O[C@H]3CCOC3=O)cc2)c1. The number of anilines is 1. The molecule has 1 atom stereocenters. The topological polar surface area (TPSA) is 100 Å². The van der Waals surface area contributed by atoms with Crippen LogP contribution in [0.4, 0.5) is 5.69 Å². The number of cyclic esters (lactones) is 1. The smallest absolute Gasteiger partial charge is 0.347 e. The van der Waals surface area contributed by atoms with Crippen LogP contribution in [-0.2, 0) is 19.1 Å². The highest BCUT2D eigenvalue weighted by atomic mass is 16.6. The van der Waals surface area contributed by atoms with E-state index in [0.29, 0.717) is 23.6 Å². The van der Waals surface area contributed by atoms with Crippen molar-refractivity contribution in [3.8, 4) is 11.5 Å². The van der Waals surface area contributed by atoms with E-state index in [9.17, 15) is 14.4 Å². The number of benzene rings is 2. The minimum Gasteiger partial charge on any atom is -0.497 e. The molecule has 1 heterocycles. The molecule has 8 nitrogen and oxygen atoms in total. The van der Waals surface area contributed by atoms with Crippen molar-refractivity contribution >= 4 is 23.5 Å². The average Bonchev–Trinajstić information content (AvgIpc) is 3.11. The molecule has 0 saturated carbocycles. The zero-order chi connectivity index (χ0) is 19.9. The molecule has 146 valence electrons. The lowest BCUT2D eigenvalue weighted by Crippen LogP contribution is -2.22. The second-order valence-corrected chi connectivity index (χ2v) is 5.94. The molecule has 0 radical (unpaired) electrons. The lowest BCUT2D eigenvalue weighted by atomic mass is 10.2.